The lowest BCUT2D eigenvalue weighted by Gasteiger charge is -2.03. The Morgan fingerprint density at radius 1 is 1.75 bits per heavy atom. The minimum Gasteiger partial charge on any atom is -0.368 e. The zero-order valence-electron chi connectivity index (χ0n) is 8.77. The molecule has 0 fully saturated rings. The number of nitrogens with two attached hydrogens (primary N) is 1. The fraction of sp³-hybridized carbons (Fsp3) is 0.333. The van der Waals surface area contributed by atoms with E-state index in [2.05, 4.69) is 10.5 Å². The first-order chi connectivity index (χ1) is 7.68. The van der Waals surface area contributed by atoms with Gasteiger partial charge in [0.1, 0.15) is 6.61 Å². The molecule has 0 aliphatic rings. The summed E-state index contributed by atoms with van der Waals surface area (Å²) in [6, 6.07) is 0. The fourth-order valence-electron chi connectivity index (χ4n) is 1.40. The molecular formula is C9H12N4O2S. The van der Waals surface area contributed by atoms with Crippen molar-refractivity contribution in [1.29, 1.82) is 0 Å². The van der Waals surface area contributed by atoms with E-state index in [9.17, 15) is 4.79 Å². The molecule has 3 N–H and O–H groups in total. The summed E-state index contributed by atoms with van der Waals surface area (Å²) in [4.78, 5) is 20.7. The third kappa shape index (κ3) is 2.21. The Labute approximate surface area is 96.0 Å². The number of primary amides is 1. The van der Waals surface area contributed by atoms with E-state index >= 15 is 0 Å². The first kappa shape index (κ1) is 11.1. The number of hydroxylamine groups is 1. The molecule has 0 saturated heterocycles. The van der Waals surface area contributed by atoms with E-state index in [-0.39, 0.29) is 6.61 Å². The largest absolute Gasteiger partial charge is 0.368 e. The maximum absolute atomic E-state index is 10.4. The topological polar surface area (TPSA) is 81.7 Å². The SMILES string of the molecule is Cc1nc2sccn2c1CNOCC(N)=O. The second kappa shape index (κ2) is 4.60. The Hall–Kier alpha value is -1.44. The first-order valence-corrected chi connectivity index (χ1v) is 5.60. The Bertz CT molecular complexity index is 505. The molecule has 0 radical (unpaired) electrons. The van der Waals surface area contributed by atoms with Crippen molar-refractivity contribution in [2.24, 2.45) is 5.73 Å². The van der Waals surface area contributed by atoms with Gasteiger partial charge in [0, 0.05) is 11.6 Å². The van der Waals surface area contributed by atoms with E-state index in [1.807, 2.05) is 22.9 Å². The molecule has 2 rings (SSSR count). The van der Waals surface area contributed by atoms with Gasteiger partial charge < -0.3 is 5.73 Å². The number of imidazole rings is 1. The van der Waals surface area contributed by atoms with Gasteiger partial charge in [0.15, 0.2) is 4.96 Å². The summed E-state index contributed by atoms with van der Waals surface area (Å²) in [5.74, 6) is -0.502. The van der Waals surface area contributed by atoms with Crippen molar-refractivity contribution in [3.8, 4) is 0 Å². The molecule has 0 aliphatic carbocycles. The van der Waals surface area contributed by atoms with Crippen molar-refractivity contribution in [2.45, 2.75) is 13.5 Å². The zero-order valence-corrected chi connectivity index (χ0v) is 9.58. The van der Waals surface area contributed by atoms with Gasteiger partial charge >= 0.3 is 0 Å². The van der Waals surface area contributed by atoms with Crippen molar-refractivity contribution in [3.05, 3.63) is 23.0 Å². The van der Waals surface area contributed by atoms with Gasteiger partial charge in [-0.25, -0.2) is 4.98 Å². The highest BCUT2D eigenvalue weighted by Gasteiger charge is 2.08. The number of carbonyl (C=O) groups is 1. The number of aromatic nitrogens is 2. The molecule has 2 aromatic rings. The number of hydrogen-bond acceptors (Lipinski definition) is 5. The van der Waals surface area contributed by atoms with Gasteiger partial charge in [-0.1, -0.05) is 0 Å². The Morgan fingerprint density at radius 3 is 3.31 bits per heavy atom. The molecule has 0 aliphatic heterocycles. The zero-order chi connectivity index (χ0) is 11.5. The van der Waals surface area contributed by atoms with E-state index in [1.54, 1.807) is 11.3 Å². The molecule has 2 aromatic heterocycles. The smallest absolute Gasteiger partial charge is 0.245 e. The predicted molar refractivity (Wildman–Crippen MR) is 59.8 cm³/mol. The molecule has 7 heteroatoms. The monoisotopic (exact) mass is 240 g/mol. The molecule has 6 nitrogen and oxygen atoms in total. The number of rotatable bonds is 5. The van der Waals surface area contributed by atoms with Crippen LogP contribution < -0.4 is 11.2 Å². The average molecular weight is 240 g/mol. The van der Waals surface area contributed by atoms with Crippen LogP contribution in [0.3, 0.4) is 0 Å². The fourth-order valence-corrected chi connectivity index (χ4v) is 2.17. The standard InChI is InChI=1S/C9H12N4O2S/c1-6-7(4-11-15-5-8(10)14)13-2-3-16-9(13)12-6/h2-3,11H,4-5H2,1H3,(H2,10,14). The molecule has 16 heavy (non-hydrogen) atoms. The van der Waals surface area contributed by atoms with Crippen LogP contribution in [0.5, 0.6) is 0 Å². The van der Waals surface area contributed by atoms with Crippen LogP contribution in [0.25, 0.3) is 4.96 Å². The second-order valence-corrected chi connectivity index (χ2v) is 4.15. The normalized spacial score (nSPS) is 11.1. The van der Waals surface area contributed by atoms with Crippen LogP contribution in [-0.4, -0.2) is 21.9 Å². The van der Waals surface area contributed by atoms with Gasteiger partial charge in [0.2, 0.25) is 5.91 Å². The maximum Gasteiger partial charge on any atom is 0.245 e. The van der Waals surface area contributed by atoms with E-state index in [0.29, 0.717) is 6.54 Å². The molecule has 0 bridgehead atoms. The van der Waals surface area contributed by atoms with Crippen LogP contribution in [0.2, 0.25) is 0 Å². The van der Waals surface area contributed by atoms with Crippen molar-refractivity contribution in [2.75, 3.05) is 6.61 Å². The van der Waals surface area contributed by atoms with E-state index < -0.39 is 5.91 Å². The molecular weight excluding hydrogens is 228 g/mol. The van der Waals surface area contributed by atoms with Crippen molar-refractivity contribution >= 4 is 22.2 Å². The number of hydrogen-bond donors (Lipinski definition) is 2. The molecule has 0 saturated carbocycles. The summed E-state index contributed by atoms with van der Waals surface area (Å²) in [6.07, 6.45) is 1.95. The maximum atomic E-state index is 10.4. The van der Waals surface area contributed by atoms with Gasteiger partial charge in [-0.3, -0.25) is 14.0 Å². The number of carbonyl (C=O) groups excluding carboxylic acids is 1. The minimum absolute atomic E-state index is 0.134. The lowest BCUT2D eigenvalue weighted by molar-refractivity contribution is -0.125. The number of thiazole rings is 1. The summed E-state index contributed by atoms with van der Waals surface area (Å²) in [6.45, 7) is 2.28. The van der Waals surface area contributed by atoms with E-state index in [0.717, 1.165) is 16.3 Å². The number of fused-ring (bicyclic) bond motifs is 1. The third-order valence-corrected chi connectivity index (χ3v) is 2.87. The molecule has 0 aromatic carbocycles. The Balaban J connectivity index is 2.00. The Morgan fingerprint density at radius 2 is 2.56 bits per heavy atom. The van der Waals surface area contributed by atoms with Gasteiger partial charge in [-0.2, -0.15) is 5.48 Å². The highest BCUT2D eigenvalue weighted by Crippen LogP contribution is 2.16. The summed E-state index contributed by atoms with van der Waals surface area (Å²) in [5, 5.41) is 1.97. The van der Waals surface area contributed by atoms with Crippen LogP contribution in [0.4, 0.5) is 0 Å². The van der Waals surface area contributed by atoms with Crippen molar-refractivity contribution in [3.63, 3.8) is 0 Å². The summed E-state index contributed by atoms with van der Waals surface area (Å²) in [5.41, 5.74) is 9.58. The van der Waals surface area contributed by atoms with Gasteiger partial charge in [0.25, 0.3) is 0 Å². The highest BCUT2D eigenvalue weighted by atomic mass is 32.1. The lowest BCUT2D eigenvalue weighted by Crippen LogP contribution is -2.25. The molecule has 2 heterocycles. The number of nitrogens with zero attached hydrogens (tertiary/aromatic N) is 2. The number of aryl methyl sites for hydroxylation is 1. The second-order valence-electron chi connectivity index (χ2n) is 3.28. The Kier molecular flexibility index (Phi) is 3.18. The quantitative estimate of drug-likeness (QED) is 0.578. The molecule has 1 amide bonds. The van der Waals surface area contributed by atoms with Crippen molar-refractivity contribution < 1.29 is 9.63 Å². The van der Waals surface area contributed by atoms with Crippen LogP contribution >= 0.6 is 11.3 Å². The minimum atomic E-state index is -0.502. The van der Waals surface area contributed by atoms with E-state index in [4.69, 9.17) is 10.6 Å². The summed E-state index contributed by atoms with van der Waals surface area (Å²) in [7, 11) is 0. The van der Waals surface area contributed by atoms with Crippen molar-refractivity contribution in [1.82, 2.24) is 14.9 Å². The third-order valence-electron chi connectivity index (χ3n) is 2.12. The summed E-state index contributed by atoms with van der Waals surface area (Å²) >= 11 is 1.58. The van der Waals surface area contributed by atoms with Gasteiger partial charge in [-0.05, 0) is 6.92 Å². The number of nitrogens with one attached hydrogen (secondary N) is 1. The van der Waals surface area contributed by atoms with Crippen LogP contribution in [0, 0.1) is 6.92 Å². The van der Waals surface area contributed by atoms with Gasteiger partial charge in [0.05, 0.1) is 17.9 Å². The summed E-state index contributed by atoms with van der Waals surface area (Å²) < 4.78 is 1.99. The molecule has 0 unspecified atom stereocenters. The lowest BCUT2D eigenvalue weighted by atomic mass is 10.3. The molecule has 86 valence electrons. The molecule has 0 spiro atoms. The molecule has 0 atom stereocenters. The van der Waals surface area contributed by atoms with Crippen LogP contribution in [0.1, 0.15) is 11.4 Å². The van der Waals surface area contributed by atoms with Gasteiger partial charge in [-0.15, -0.1) is 11.3 Å². The average Bonchev–Trinajstić information content (AvgIpc) is 2.74. The first-order valence-electron chi connectivity index (χ1n) is 4.72. The van der Waals surface area contributed by atoms with Crippen LogP contribution in [-0.2, 0) is 16.2 Å². The predicted octanol–water partition coefficient (Wildman–Crippen LogP) is 0.211. The highest BCUT2D eigenvalue weighted by molar-refractivity contribution is 7.15. The van der Waals surface area contributed by atoms with Crippen LogP contribution in [0.15, 0.2) is 11.6 Å². The van der Waals surface area contributed by atoms with E-state index in [1.165, 1.54) is 0 Å². The number of amides is 1.